The quantitative estimate of drug-likeness (QED) is 0.0796. The lowest BCUT2D eigenvalue weighted by Crippen LogP contribution is -2.43. The lowest BCUT2D eigenvalue weighted by molar-refractivity contribution is -0.0641. The van der Waals surface area contributed by atoms with Crippen LogP contribution in [0.5, 0.6) is 34.5 Å². The molecule has 0 fully saturated rings. The largest absolute Gasteiger partial charge is 0.497 e. The van der Waals surface area contributed by atoms with Crippen LogP contribution in [0.2, 0.25) is 0 Å². The molecule has 0 aromatic heterocycles. The third-order valence-corrected chi connectivity index (χ3v) is 12.5. The monoisotopic (exact) mass is 862 g/mol. The molecular weight excluding hydrogens is 809 g/mol. The van der Waals surface area contributed by atoms with Gasteiger partial charge in [-0.2, -0.15) is 0 Å². The number of rotatable bonds is 18. The fourth-order valence-corrected chi connectivity index (χ4v) is 9.28. The third kappa shape index (κ3) is 8.51. The molecule has 0 saturated carbocycles. The molecule has 0 bridgehead atoms. The van der Waals surface area contributed by atoms with Crippen LogP contribution in [0, 0.1) is 0 Å². The maximum atomic E-state index is 8.45. The molecule has 0 aliphatic rings. The SMILES string of the molecule is COc1ccc(C(OC(c2ccc(OC)cc2)C(c2ccccc2)(c2ccc(OC)cc2)c2ccc(OC)cc2)C(c2ccccc2)(c2ccc(OC)cc2)c2ccc(OC)cc2)cc1. The van der Waals surface area contributed by atoms with Gasteiger partial charge in [0.2, 0.25) is 0 Å². The number of hydrogen-bond donors (Lipinski definition) is 0. The average Bonchev–Trinajstić information content (AvgIpc) is 3.39. The summed E-state index contributed by atoms with van der Waals surface area (Å²) in [7, 11) is 10.1. The van der Waals surface area contributed by atoms with E-state index in [2.05, 4.69) is 121 Å². The molecule has 8 rings (SSSR count). The normalized spacial score (nSPS) is 12.4. The summed E-state index contributed by atoms with van der Waals surface area (Å²) in [6.45, 7) is 0. The molecule has 0 amide bonds. The minimum absolute atomic E-state index is 0.730. The fraction of sp³-hybridized carbons (Fsp3) is 0.172. The van der Waals surface area contributed by atoms with E-state index in [0.29, 0.717) is 0 Å². The van der Waals surface area contributed by atoms with Crippen molar-refractivity contribution in [1.29, 1.82) is 0 Å². The van der Waals surface area contributed by atoms with Crippen LogP contribution in [0.25, 0.3) is 0 Å². The fourth-order valence-electron chi connectivity index (χ4n) is 9.28. The van der Waals surface area contributed by atoms with Crippen molar-refractivity contribution in [3.8, 4) is 34.5 Å². The molecule has 7 heteroatoms. The van der Waals surface area contributed by atoms with Crippen LogP contribution in [0.15, 0.2) is 206 Å². The second-order valence-electron chi connectivity index (χ2n) is 15.7. The Labute approximate surface area is 382 Å². The van der Waals surface area contributed by atoms with E-state index in [-0.39, 0.29) is 0 Å². The summed E-state index contributed by atoms with van der Waals surface area (Å²) in [6, 6.07) is 71.0. The van der Waals surface area contributed by atoms with Crippen molar-refractivity contribution in [2.45, 2.75) is 23.0 Å². The smallest absolute Gasteiger partial charge is 0.118 e. The molecule has 0 aliphatic heterocycles. The molecule has 65 heavy (non-hydrogen) atoms. The van der Waals surface area contributed by atoms with E-state index in [1.165, 1.54) is 0 Å². The van der Waals surface area contributed by atoms with Gasteiger partial charge < -0.3 is 33.2 Å². The maximum Gasteiger partial charge on any atom is 0.118 e. The van der Waals surface area contributed by atoms with Gasteiger partial charge in [-0.3, -0.25) is 0 Å². The molecule has 7 nitrogen and oxygen atoms in total. The van der Waals surface area contributed by atoms with E-state index in [1.54, 1.807) is 42.7 Å². The summed E-state index contributed by atoms with van der Waals surface area (Å²) in [5.41, 5.74) is 5.81. The first-order chi connectivity index (χ1) is 31.9. The van der Waals surface area contributed by atoms with Crippen LogP contribution < -0.4 is 28.4 Å². The first-order valence-electron chi connectivity index (χ1n) is 21.5. The third-order valence-electron chi connectivity index (χ3n) is 12.5. The van der Waals surface area contributed by atoms with Crippen molar-refractivity contribution in [1.82, 2.24) is 0 Å². The first-order valence-corrected chi connectivity index (χ1v) is 21.5. The van der Waals surface area contributed by atoms with Gasteiger partial charge in [0.25, 0.3) is 0 Å². The highest BCUT2D eigenvalue weighted by molar-refractivity contribution is 5.59. The Balaban J connectivity index is 1.55. The molecule has 0 aliphatic carbocycles. The summed E-state index contributed by atoms with van der Waals surface area (Å²) < 4.78 is 43.1. The average molecular weight is 863 g/mol. The zero-order valence-electron chi connectivity index (χ0n) is 37.6. The van der Waals surface area contributed by atoms with Gasteiger partial charge in [-0.1, -0.05) is 133 Å². The molecule has 0 saturated heterocycles. The summed E-state index contributed by atoms with van der Waals surface area (Å²) in [5, 5.41) is 0. The Kier molecular flexibility index (Phi) is 13.5. The minimum atomic E-state index is -1.01. The van der Waals surface area contributed by atoms with Crippen molar-refractivity contribution >= 4 is 0 Å². The van der Waals surface area contributed by atoms with Crippen molar-refractivity contribution in [3.05, 3.63) is 251 Å². The standard InChI is InChI=1S/C58H54O7/c1-59-49-29-17-41(18-30-49)55(57(43-13-9-7-10-14-43,45-21-33-51(61-3)34-22-45)46-23-35-52(62-4)36-24-46)65-56(42-19-31-50(60-2)32-20-42)58(44-15-11-8-12-16-44,47-25-37-53(63-5)38-26-47)48-27-39-54(64-6)40-28-48/h7-40,55-56H,1-6H3. The van der Waals surface area contributed by atoms with E-state index in [9.17, 15) is 0 Å². The van der Waals surface area contributed by atoms with Crippen LogP contribution in [0.4, 0.5) is 0 Å². The van der Waals surface area contributed by atoms with Gasteiger partial charge >= 0.3 is 0 Å². The van der Waals surface area contributed by atoms with Gasteiger partial charge in [0.15, 0.2) is 0 Å². The zero-order chi connectivity index (χ0) is 45.2. The molecular formula is C58H54O7. The molecule has 0 radical (unpaired) electrons. The Morgan fingerprint density at radius 1 is 0.246 bits per heavy atom. The topological polar surface area (TPSA) is 64.6 Å². The van der Waals surface area contributed by atoms with E-state index < -0.39 is 23.0 Å². The highest BCUT2D eigenvalue weighted by Gasteiger charge is 2.52. The van der Waals surface area contributed by atoms with Gasteiger partial charge in [-0.15, -0.1) is 0 Å². The molecule has 0 heterocycles. The van der Waals surface area contributed by atoms with Crippen LogP contribution in [0.3, 0.4) is 0 Å². The summed E-state index contributed by atoms with van der Waals surface area (Å²) >= 11 is 0. The Hall–Kier alpha value is -7.48. The van der Waals surface area contributed by atoms with Crippen molar-refractivity contribution < 1.29 is 33.2 Å². The van der Waals surface area contributed by atoms with Gasteiger partial charge in [-0.05, 0) is 117 Å². The lowest BCUT2D eigenvalue weighted by Gasteiger charge is -2.49. The van der Waals surface area contributed by atoms with Crippen LogP contribution in [0.1, 0.15) is 56.7 Å². The zero-order valence-corrected chi connectivity index (χ0v) is 37.6. The van der Waals surface area contributed by atoms with E-state index in [1.807, 2.05) is 84.9 Å². The lowest BCUT2D eigenvalue weighted by atomic mass is 9.62. The van der Waals surface area contributed by atoms with Gasteiger partial charge in [0.05, 0.1) is 53.5 Å². The van der Waals surface area contributed by atoms with E-state index in [4.69, 9.17) is 33.2 Å². The molecule has 8 aromatic rings. The molecule has 0 N–H and O–H groups in total. The van der Waals surface area contributed by atoms with Gasteiger partial charge in [0, 0.05) is 0 Å². The predicted octanol–water partition coefficient (Wildman–Crippen LogP) is 12.6. The molecule has 2 atom stereocenters. The van der Waals surface area contributed by atoms with Crippen LogP contribution >= 0.6 is 0 Å². The molecule has 8 aromatic carbocycles. The van der Waals surface area contributed by atoms with Crippen LogP contribution in [-0.4, -0.2) is 42.7 Å². The van der Waals surface area contributed by atoms with Gasteiger partial charge in [-0.25, -0.2) is 0 Å². The number of ether oxygens (including phenoxy) is 7. The van der Waals surface area contributed by atoms with Crippen molar-refractivity contribution in [2.24, 2.45) is 0 Å². The van der Waals surface area contributed by atoms with Crippen molar-refractivity contribution in [3.63, 3.8) is 0 Å². The predicted molar refractivity (Wildman–Crippen MR) is 257 cm³/mol. The van der Waals surface area contributed by atoms with Crippen LogP contribution in [-0.2, 0) is 15.6 Å². The summed E-state index contributed by atoms with van der Waals surface area (Å²) in [6.07, 6.45) is -1.46. The molecule has 2 unspecified atom stereocenters. The Bertz CT molecular complexity index is 2410. The number of hydrogen-bond acceptors (Lipinski definition) is 7. The Morgan fingerprint density at radius 2 is 0.446 bits per heavy atom. The van der Waals surface area contributed by atoms with Gasteiger partial charge in [0.1, 0.15) is 46.7 Å². The van der Waals surface area contributed by atoms with Crippen molar-refractivity contribution in [2.75, 3.05) is 42.7 Å². The first kappa shape index (κ1) is 44.1. The summed E-state index contributed by atoms with van der Waals surface area (Å²) in [5.74, 6) is 4.43. The molecule has 328 valence electrons. The highest BCUT2D eigenvalue weighted by Crippen LogP contribution is 2.58. The second kappa shape index (κ2) is 19.9. The highest BCUT2D eigenvalue weighted by atomic mass is 16.5. The minimum Gasteiger partial charge on any atom is -0.497 e. The maximum absolute atomic E-state index is 8.45. The second-order valence-corrected chi connectivity index (χ2v) is 15.7. The Morgan fingerprint density at radius 3 is 0.662 bits per heavy atom. The van der Waals surface area contributed by atoms with E-state index >= 15 is 0 Å². The molecule has 0 spiro atoms. The van der Waals surface area contributed by atoms with E-state index in [0.717, 1.165) is 79.0 Å². The number of methoxy groups -OCH3 is 6. The number of benzene rings is 8. The summed E-state index contributed by atoms with van der Waals surface area (Å²) in [4.78, 5) is 0.